The molecule has 4 heteroatoms. The Kier molecular flexibility index (Phi) is 4.49. The molecule has 1 rings (SSSR count). The van der Waals surface area contributed by atoms with E-state index in [1.165, 1.54) is 0 Å². The molecule has 15 heavy (non-hydrogen) atoms. The lowest BCUT2D eigenvalue weighted by Crippen LogP contribution is -2.29. The van der Waals surface area contributed by atoms with E-state index < -0.39 is 0 Å². The molecule has 0 saturated carbocycles. The number of hydrogen-bond donors (Lipinski definition) is 3. The summed E-state index contributed by atoms with van der Waals surface area (Å²) >= 11 is 4.05. The van der Waals surface area contributed by atoms with E-state index in [1.807, 2.05) is 6.92 Å². The summed E-state index contributed by atoms with van der Waals surface area (Å²) in [4.78, 5) is 11.4. The SMILES string of the molecule is C[C@H](CS)C(=O)NCc1ccc(O)cc1. The van der Waals surface area contributed by atoms with Gasteiger partial charge >= 0.3 is 0 Å². The zero-order chi connectivity index (χ0) is 11.3. The summed E-state index contributed by atoms with van der Waals surface area (Å²) in [7, 11) is 0. The molecule has 0 bridgehead atoms. The van der Waals surface area contributed by atoms with E-state index in [0.29, 0.717) is 12.3 Å². The van der Waals surface area contributed by atoms with Crippen LogP contribution in [-0.2, 0) is 11.3 Å². The Hall–Kier alpha value is -1.16. The van der Waals surface area contributed by atoms with Gasteiger partial charge in [0.2, 0.25) is 5.91 Å². The van der Waals surface area contributed by atoms with Gasteiger partial charge in [-0.05, 0) is 17.7 Å². The second-order valence-electron chi connectivity index (χ2n) is 3.47. The highest BCUT2D eigenvalue weighted by molar-refractivity contribution is 7.80. The van der Waals surface area contributed by atoms with Crippen molar-refractivity contribution in [1.82, 2.24) is 5.32 Å². The zero-order valence-electron chi connectivity index (χ0n) is 8.60. The van der Waals surface area contributed by atoms with Gasteiger partial charge in [-0.1, -0.05) is 19.1 Å². The van der Waals surface area contributed by atoms with Crippen LogP contribution in [0.5, 0.6) is 5.75 Å². The molecule has 0 heterocycles. The first kappa shape index (κ1) is 11.9. The highest BCUT2D eigenvalue weighted by atomic mass is 32.1. The van der Waals surface area contributed by atoms with Crippen LogP contribution in [0.3, 0.4) is 0 Å². The topological polar surface area (TPSA) is 49.3 Å². The second-order valence-corrected chi connectivity index (χ2v) is 3.83. The predicted molar refractivity (Wildman–Crippen MR) is 63.0 cm³/mol. The minimum Gasteiger partial charge on any atom is -0.508 e. The molecule has 3 nitrogen and oxygen atoms in total. The molecule has 0 radical (unpaired) electrons. The van der Waals surface area contributed by atoms with E-state index >= 15 is 0 Å². The van der Waals surface area contributed by atoms with E-state index in [1.54, 1.807) is 24.3 Å². The predicted octanol–water partition coefficient (Wildman–Crippen LogP) is 1.57. The maximum absolute atomic E-state index is 11.4. The van der Waals surface area contributed by atoms with Crippen LogP contribution in [0.1, 0.15) is 12.5 Å². The van der Waals surface area contributed by atoms with E-state index in [2.05, 4.69) is 17.9 Å². The molecule has 0 aliphatic carbocycles. The lowest BCUT2D eigenvalue weighted by atomic mass is 10.2. The quantitative estimate of drug-likeness (QED) is 0.681. The van der Waals surface area contributed by atoms with Crippen LogP contribution in [0.25, 0.3) is 0 Å². The summed E-state index contributed by atoms with van der Waals surface area (Å²) in [6.45, 7) is 2.32. The molecule has 1 aromatic rings. The first-order valence-corrected chi connectivity index (χ1v) is 5.43. The Morgan fingerprint density at radius 1 is 1.47 bits per heavy atom. The monoisotopic (exact) mass is 225 g/mol. The lowest BCUT2D eigenvalue weighted by Gasteiger charge is -2.09. The maximum Gasteiger partial charge on any atom is 0.223 e. The summed E-state index contributed by atoms with van der Waals surface area (Å²) in [5.41, 5.74) is 0.965. The largest absolute Gasteiger partial charge is 0.508 e. The molecule has 82 valence electrons. The standard InChI is InChI=1S/C11H15NO2S/c1-8(7-15)11(14)12-6-9-2-4-10(13)5-3-9/h2-5,8,13,15H,6-7H2,1H3,(H,12,14)/t8-/m1/s1. The third kappa shape index (κ3) is 3.83. The molecular weight excluding hydrogens is 210 g/mol. The fourth-order valence-electron chi connectivity index (χ4n) is 1.06. The van der Waals surface area contributed by atoms with Gasteiger partial charge in [0.25, 0.3) is 0 Å². The number of phenols is 1. The van der Waals surface area contributed by atoms with E-state index in [0.717, 1.165) is 5.56 Å². The number of rotatable bonds is 4. The summed E-state index contributed by atoms with van der Waals surface area (Å²) in [5, 5.41) is 11.9. The molecule has 0 aromatic heterocycles. The molecule has 1 aromatic carbocycles. The van der Waals surface area contributed by atoms with Crippen LogP contribution in [-0.4, -0.2) is 16.8 Å². The highest BCUT2D eigenvalue weighted by Crippen LogP contribution is 2.09. The minimum absolute atomic E-state index is 0.00178. The number of thiol groups is 1. The minimum atomic E-state index is -0.0783. The van der Waals surface area contributed by atoms with Crippen molar-refractivity contribution in [3.8, 4) is 5.75 Å². The van der Waals surface area contributed by atoms with Gasteiger partial charge in [-0.15, -0.1) is 0 Å². The molecule has 0 fully saturated rings. The summed E-state index contributed by atoms with van der Waals surface area (Å²) in [6.07, 6.45) is 0. The van der Waals surface area contributed by atoms with Crippen molar-refractivity contribution in [2.75, 3.05) is 5.75 Å². The van der Waals surface area contributed by atoms with Crippen molar-refractivity contribution in [2.24, 2.45) is 5.92 Å². The van der Waals surface area contributed by atoms with Crippen molar-refractivity contribution in [2.45, 2.75) is 13.5 Å². The van der Waals surface area contributed by atoms with E-state index in [4.69, 9.17) is 5.11 Å². The number of carbonyl (C=O) groups is 1. The molecular formula is C11H15NO2S. The van der Waals surface area contributed by atoms with Gasteiger partial charge in [0.15, 0.2) is 0 Å². The van der Waals surface area contributed by atoms with Gasteiger partial charge in [-0.2, -0.15) is 12.6 Å². The Balaban J connectivity index is 2.43. The van der Waals surface area contributed by atoms with Crippen molar-refractivity contribution in [1.29, 1.82) is 0 Å². The first-order valence-electron chi connectivity index (χ1n) is 4.80. The number of amides is 1. The normalized spacial score (nSPS) is 12.1. The molecule has 0 saturated heterocycles. The molecule has 0 unspecified atom stereocenters. The third-order valence-electron chi connectivity index (χ3n) is 2.12. The van der Waals surface area contributed by atoms with Crippen molar-refractivity contribution < 1.29 is 9.90 Å². The molecule has 1 amide bonds. The molecule has 2 N–H and O–H groups in total. The van der Waals surface area contributed by atoms with E-state index in [9.17, 15) is 4.79 Å². The third-order valence-corrected chi connectivity index (χ3v) is 2.67. The summed E-state index contributed by atoms with van der Waals surface area (Å²) in [6, 6.07) is 6.76. The maximum atomic E-state index is 11.4. The number of phenolic OH excluding ortho intramolecular Hbond substituents is 1. The summed E-state index contributed by atoms with van der Waals surface area (Å²) in [5.74, 6) is 0.693. The Labute approximate surface area is 94.9 Å². The van der Waals surface area contributed by atoms with E-state index in [-0.39, 0.29) is 17.6 Å². The summed E-state index contributed by atoms with van der Waals surface area (Å²) < 4.78 is 0. The molecule has 0 aliphatic rings. The molecule has 0 spiro atoms. The lowest BCUT2D eigenvalue weighted by molar-refractivity contribution is -0.123. The Morgan fingerprint density at radius 3 is 2.60 bits per heavy atom. The fourth-order valence-corrected chi connectivity index (χ4v) is 1.23. The van der Waals surface area contributed by atoms with Crippen molar-refractivity contribution in [3.05, 3.63) is 29.8 Å². The van der Waals surface area contributed by atoms with Crippen LogP contribution in [0.2, 0.25) is 0 Å². The van der Waals surface area contributed by atoms with Crippen molar-refractivity contribution in [3.63, 3.8) is 0 Å². The second kappa shape index (κ2) is 5.66. The Morgan fingerprint density at radius 2 is 2.07 bits per heavy atom. The molecule has 1 atom stereocenters. The van der Waals surface area contributed by atoms with Gasteiger partial charge in [-0.25, -0.2) is 0 Å². The van der Waals surface area contributed by atoms with Crippen LogP contribution in [0.4, 0.5) is 0 Å². The number of carbonyl (C=O) groups excluding carboxylic acids is 1. The number of aromatic hydroxyl groups is 1. The van der Waals surface area contributed by atoms with Crippen LogP contribution in [0.15, 0.2) is 24.3 Å². The van der Waals surface area contributed by atoms with Crippen LogP contribution < -0.4 is 5.32 Å². The van der Waals surface area contributed by atoms with Crippen LogP contribution >= 0.6 is 12.6 Å². The average molecular weight is 225 g/mol. The van der Waals surface area contributed by atoms with Gasteiger partial charge in [0, 0.05) is 18.2 Å². The Bertz CT molecular complexity index is 324. The van der Waals surface area contributed by atoms with Gasteiger partial charge in [0.1, 0.15) is 5.75 Å². The van der Waals surface area contributed by atoms with Crippen molar-refractivity contribution >= 4 is 18.5 Å². The zero-order valence-corrected chi connectivity index (χ0v) is 9.50. The number of hydrogen-bond acceptors (Lipinski definition) is 3. The first-order chi connectivity index (χ1) is 7.13. The fraction of sp³-hybridized carbons (Fsp3) is 0.364. The average Bonchev–Trinajstić information content (AvgIpc) is 2.26. The highest BCUT2D eigenvalue weighted by Gasteiger charge is 2.09. The van der Waals surface area contributed by atoms with Gasteiger partial charge in [-0.3, -0.25) is 4.79 Å². The smallest absolute Gasteiger partial charge is 0.223 e. The van der Waals surface area contributed by atoms with Gasteiger partial charge < -0.3 is 10.4 Å². The number of benzene rings is 1. The van der Waals surface area contributed by atoms with Gasteiger partial charge in [0.05, 0.1) is 0 Å². The van der Waals surface area contributed by atoms with Crippen LogP contribution in [0, 0.1) is 5.92 Å². The molecule has 0 aliphatic heterocycles. The number of nitrogens with one attached hydrogen (secondary N) is 1.